The summed E-state index contributed by atoms with van der Waals surface area (Å²) in [5.74, 6) is -1.03. The fourth-order valence-corrected chi connectivity index (χ4v) is 1.67. The van der Waals surface area contributed by atoms with E-state index in [0.717, 1.165) is 24.3 Å². The van der Waals surface area contributed by atoms with Gasteiger partial charge in [0.05, 0.1) is 12.1 Å². The summed E-state index contributed by atoms with van der Waals surface area (Å²) < 4.78 is 5.43. The summed E-state index contributed by atoms with van der Waals surface area (Å²) >= 11 is 0. The number of likely N-dealkylation sites (N-methyl/N-ethyl adjacent to an activating group) is 1. The second-order valence-corrected chi connectivity index (χ2v) is 4.04. The molecule has 0 aromatic carbocycles. The maximum absolute atomic E-state index is 11.5. The molecule has 0 aliphatic carbocycles. The van der Waals surface area contributed by atoms with Crippen LogP contribution in [0.4, 0.5) is 4.79 Å². The largest absolute Gasteiger partial charge is 0.480 e. The van der Waals surface area contributed by atoms with Gasteiger partial charge in [-0.1, -0.05) is 0 Å². The number of amides is 2. The van der Waals surface area contributed by atoms with Crippen molar-refractivity contribution in [2.75, 3.05) is 20.2 Å². The monoisotopic (exact) mass is 230 g/mol. The van der Waals surface area contributed by atoms with Crippen LogP contribution in [-0.2, 0) is 9.53 Å². The van der Waals surface area contributed by atoms with Gasteiger partial charge in [-0.05, 0) is 19.8 Å². The molecular formula is C10H18N2O4. The lowest BCUT2D eigenvalue weighted by Gasteiger charge is -2.23. The molecule has 6 heteroatoms. The first-order valence-corrected chi connectivity index (χ1v) is 5.35. The molecule has 1 heterocycles. The van der Waals surface area contributed by atoms with E-state index in [2.05, 4.69) is 5.32 Å². The van der Waals surface area contributed by atoms with Crippen LogP contribution >= 0.6 is 0 Å². The highest BCUT2D eigenvalue weighted by atomic mass is 16.5. The fourth-order valence-electron chi connectivity index (χ4n) is 1.67. The van der Waals surface area contributed by atoms with Gasteiger partial charge in [0.2, 0.25) is 0 Å². The first kappa shape index (κ1) is 12.8. The Labute approximate surface area is 94.6 Å². The molecule has 1 aliphatic heterocycles. The number of carboxylic acids is 1. The zero-order valence-electron chi connectivity index (χ0n) is 9.60. The Morgan fingerprint density at radius 3 is 2.81 bits per heavy atom. The highest BCUT2D eigenvalue weighted by Gasteiger charge is 2.24. The zero-order valence-corrected chi connectivity index (χ0v) is 9.60. The minimum Gasteiger partial charge on any atom is -0.480 e. The van der Waals surface area contributed by atoms with Crippen molar-refractivity contribution in [1.82, 2.24) is 10.2 Å². The summed E-state index contributed by atoms with van der Waals surface area (Å²) in [5.41, 5.74) is 0. The van der Waals surface area contributed by atoms with Gasteiger partial charge in [-0.15, -0.1) is 0 Å². The third-order valence-corrected chi connectivity index (χ3v) is 2.59. The van der Waals surface area contributed by atoms with Gasteiger partial charge in [-0.3, -0.25) is 4.79 Å². The molecule has 0 bridgehead atoms. The van der Waals surface area contributed by atoms with Crippen LogP contribution in [0.2, 0.25) is 0 Å². The second kappa shape index (κ2) is 5.69. The van der Waals surface area contributed by atoms with E-state index in [1.54, 1.807) is 0 Å². The molecule has 1 aliphatic rings. The third kappa shape index (κ3) is 3.69. The van der Waals surface area contributed by atoms with Gasteiger partial charge in [0.1, 0.15) is 6.54 Å². The van der Waals surface area contributed by atoms with Crippen molar-refractivity contribution in [3.63, 3.8) is 0 Å². The lowest BCUT2D eigenvalue weighted by molar-refractivity contribution is -0.137. The molecule has 1 fully saturated rings. The predicted octanol–water partition coefficient (Wildman–Crippen LogP) is 0.280. The first-order chi connectivity index (χ1) is 7.50. The highest BCUT2D eigenvalue weighted by Crippen LogP contribution is 2.15. The van der Waals surface area contributed by atoms with E-state index in [1.807, 2.05) is 6.92 Å². The van der Waals surface area contributed by atoms with Crippen LogP contribution in [0.3, 0.4) is 0 Å². The fraction of sp³-hybridized carbons (Fsp3) is 0.800. The summed E-state index contributed by atoms with van der Waals surface area (Å²) in [7, 11) is 1.45. The second-order valence-electron chi connectivity index (χ2n) is 4.04. The van der Waals surface area contributed by atoms with Gasteiger partial charge in [0, 0.05) is 13.7 Å². The summed E-state index contributed by atoms with van der Waals surface area (Å²) in [6.45, 7) is 2.29. The Balaban J connectivity index is 2.34. The molecule has 6 nitrogen and oxygen atoms in total. The van der Waals surface area contributed by atoms with Crippen LogP contribution in [0.1, 0.15) is 19.8 Å². The van der Waals surface area contributed by atoms with E-state index in [0.29, 0.717) is 0 Å². The number of carbonyl (C=O) groups excluding carboxylic acids is 1. The van der Waals surface area contributed by atoms with E-state index >= 15 is 0 Å². The highest BCUT2D eigenvalue weighted by molar-refractivity contribution is 5.79. The van der Waals surface area contributed by atoms with Crippen molar-refractivity contribution in [2.24, 2.45) is 0 Å². The molecule has 2 unspecified atom stereocenters. The number of rotatable bonds is 4. The topological polar surface area (TPSA) is 78.9 Å². The van der Waals surface area contributed by atoms with E-state index in [4.69, 9.17) is 9.84 Å². The summed E-state index contributed by atoms with van der Waals surface area (Å²) in [4.78, 5) is 23.1. The van der Waals surface area contributed by atoms with Crippen LogP contribution in [-0.4, -0.2) is 54.4 Å². The molecule has 16 heavy (non-hydrogen) atoms. The average molecular weight is 230 g/mol. The van der Waals surface area contributed by atoms with Crippen molar-refractivity contribution in [1.29, 1.82) is 0 Å². The van der Waals surface area contributed by atoms with Gasteiger partial charge in [-0.25, -0.2) is 4.79 Å². The minimum atomic E-state index is -1.03. The van der Waals surface area contributed by atoms with Gasteiger partial charge in [-0.2, -0.15) is 0 Å². The van der Waals surface area contributed by atoms with Crippen LogP contribution in [0.5, 0.6) is 0 Å². The molecule has 92 valence electrons. The summed E-state index contributed by atoms with van der Waals surface area (Å²) in [6.07, 6.45) is 1.99. The van der Waals surface area contributed by atoms with Crippen molar-refractivity contribution in [3.05, 3.63) is 0 Å². The standard InChI is InChI=1S/C10H18N2O4/c1-7(8-4-3-5-16-8)11-10(15)12(2)6-9(13)14/h7-8H,3-6H2,1-2H3,(H,11,15)(H,13,14). The van der Waals surface area contributed by atoms with E-state index in [1.165, 1.54) is 7.05 Å². The van der Waals surface area contributed by atoms with Crippen LogP contribution in [0.15, 0.2) is 0 Å². The average Bonchev–Trinajstić information content (AvgIpc) is 2.68. The van der Waals surface area contributed by atoms with Gasteiger partial charge in [0.15, 0.2) is 0 Å². The van der Waals surface area contributed by atoms with E-state index < -0.39 is 5.97 Å². The number of carboxylic acid groups (broad SMARTS) is 1. The van der Waals surface area contributed by atoms with Crippen LogP contribution in [0, 0.1) is 0 Å². The normalized spacial score (nSPS) is 21.5. The number of hydrogen-bond acceptors (Lipinski definition) is 3. The molecular weight excluding hydrogens is 212 g/mol. The summed E-state index contributed by atoms with van der Waals surface area (Å²) in [5, 5.41) is 11.3. The smallest absolute Gasteiger partial charge is 0.323 e. The molecule has 2 N–H and O–H groups in total. The number of hydrogen-bond donors (Lipinski definition) is 2. The first-order valence-electron chi connectivity index (χ1n) is 5.35. The van der Waals surface area contributed by atoms with Crippen molar-refractivity contribution in [3.8, 4) is 0 Å². The molecule has 0 aromatic heterocycles. The van der Waals surface area contributed by atoms with E-state index in [9.17, 15) is 9.59 Å². The molecule has 1 rings (SSSR count). The Morgan fingerprint density at radius 2 is 2.31 bits per heavy atom. The van der Waals surface area contributed by atoms with Crippen molar-refractivity contribution >= 4 is 12.0 Å². The van der Waals surface area contributed by atoms with Gasteiger partial charge < -0.3 is 20.1 Å². The molecule has 0 saturated carbocycles. The minimum absolute atomic E-state index is 0.0437. The molecule has 0 aromatic rings. The number of nitrogens with one attached hydrogen (secondary N) is 1. The number of ether oxygens (including phenoxy) is 1. The Kier molecular flexibility index (Phi) is 4.54. The lowest BCUT2D eigenvalue weighted by atomic mass is 10.1. The third-order valence-electron chi connectivity index (χ3n) is 2.59. The molecule has 2 atom stereocenters. The van der Waals surface area contributed by atoms with Gasteiger partial charge in [0.25, 0.3) is 0 Å². The Bertz CT molecular complexity index is 264. The molecule has 0 radical (unpaired) electrons. The van der Waals surface area contributed by atoms with Crippen molar-refractivity contribution < 1.29 is 19.4 Å². The predicted molar refractivity (Wildman–Crippen MR) is 57.2 cm³/mol. The maximum Gasteiger partial charge on any atom is 0.323 e. The quantitative estimate of drug-likeness (QED) is 0.727. The van der Waals surface area contributed by atoms with Crippen LogP contribution in [0.25, 0.3) is 0 Å². The maximum atomic E-state index is 11.5. The van der Waals surface area contributed by atoms with Crippen molar-refractivity contribution in [2.45, 2.75) is 31.9 Å². The number of aliphatic carboxylic acids is 1. The SMILES string of the molecule is CC(NC(=O)N(C)CC(=O)O)C1CCCO1. The van der Waals surface area contributed by atoms with E-state index in [-0.39, 0.29) is 24.7 Å². The zero-order chi connectivity index (χ0) is 12.1. The van der Waals surface area contributed by atoms with Crippen LogP contribution < -0.4 is 5.32 Å². The molecule has 1 saturated heterocycles. The number of urea groups is 1. The lowest BCUT2D eigenvalue weighted by Crippen LogP contribution is -2.47. The molecule has 2 amide bonds. The number of carbonyl (C=O) groups is 2. The molecule has 0 spiro atoms. The van der Waals surface area contributed by atoms with Gasteiger partial charge >= 0.3 is 12.0 Å². The Hall–Kier alpha value is -1.30. The number of nitrogens with zero attached hydrogens (tertiary/aromatic N) is 1. The Morgan fingerprint density at radius 1 is 1.62 bits per heavy atom. The summed E-state index contributed by atoms with van der Waals surface area (Å²) in [6, 6.07) is -0.475.